The molecule has 0 saturated carbocycles. The Hall–Kier alpha value is -2.78. The number of amides is 2. The number of hydrogen-bond donors (Lipinski definition) is 1. The summed E-state index contributed by atoms with van der Waals surface area (Å²) in [5.41, 5.74) is -0.700. The molecule has 31 heavy (non-hydrogen) atoms. The zero-order chi connectivity index (χ0) is 21.8. The Morgan fingerprint density at radius 3 is 2.52 bits per heavy atom. The normalized spacial score (nSPS) is 16.1. The van der Waals surface area contributed by atoms with Crippen LogP contribution in [0.1, 0.15) is 11.3 Å². The second kappa shape index (κ2) is 10.0. The van der Waals surface area contributed by atoms with Crippen molar-refractivity contribution in [3.63, 3.8) is 0 Å². The van der Waals surface area contributed by atoms with E-state index in [0.717, 1.165) is 12.1 Å². The zero-order valence-corrected chi connectivity index (χ0v) is 17.6. The SMILES string of the molecule is C[N+]1(CC(=O)Nc2cccc(C(F)(F)F)c2)CCN(C(=O)/C=C/c2ccco2)CC1.[Cl-]. The van der Waals surface area contributed by atoms with Crippen molar-refractivity contribution in [2.75, 3.05) is 45.1 Å². The van der Waals surface area contributed by atoms with Gasteiger partial charge in [0, 0.05) is 11.8 Å². The molecule has 1 saturated heterocycles. The number of carbonyl (C=O) groups excluding carboxylic acids is 2. The van der Waals surface area contributed by atoms with Crippen LogP contribution in [-0.4, -0.2) is 61.0 Å². The number of hydrogen-bond acceptors (Lipinski definition) is 3. The van der Waals surface area contributed by atoms with Crippen LogP contribution in [0.15, 0.2) is 53.2 Å². The molecule has 168 valence electrons. The number of anilines is 1. The van der Waals surface area contributed by atoms with Crippen molar-refractivity contribution in [1.29, 1.82) is 0 Å². The van der Waals surface area contributed by atoms with Gasteiger partial charge in [0.05, 0.1) is 45.1 Å². The molecule has 1 aromatic heterocycles. The van der Waals surface area contributed by atoms with Crippen LogP contribution in [0.3, 0.4) is 0 Å². The van der Waals surface area contributed by atoms with Gasteiger partial charge in [0.15, 0.2) is 6.54 Å². The maximum Gasteiger partial charge on any atom is 0.416 e. The van der Waals surface area contributed by atoms with E-state index in [2.05, 4.69) is 5.32 Å². The summed E-state index contributed by atoms with van der Waals surface area (Å²) in [4.78, 5) is 26.4. The van der Waals surface area contributed by atoms with Gasteiger partial charge in [-0.05, 0) is 36.4 Å². The first-order valence-corrected chi connectivity index (χ1v) is 9.46. The largest absolute Gasteiger partial charge is 1.00 e. The van der Waals surface area contributed by atoms with Crippen LogP contribution in [0.2, 0.25) is 0 Å². The quantitative estimate of drug-likeness (QED) is 0.517. The maximum absolute atomic E-state index is 12.8. The van der Waals surface area contributed by atoms with Crippen molar-refractivity contribution in [2.24, 2.45) is 0 Å². The number of likely N-dealkylation sites (N-methyl/N-ethyl adjacent to an activating group) is 1. The highest BCUT2D eigenvalue weighted by Gasteiger charge is 2.33. The van der Waals surface area contributed by atoms with Crippen LogP contribution in [0.5, 0.6) is 0 Å². The number of quaternary nitrogens is 1. The van der Waals surface area contributed by atoms with Crippen LogP contribution >= 0.6 is 0 Å². The van der Waals surface area contributed by atoms with Crippen molar-refractivity contribution in [1.82, 2.24) is 4.90 Å². The summed E-state index contributed by atoms with van der Waals surface area (Å²) in [7, 11) is 1.90. The topological polar surface area (TPSA) is 62.6 Å². The summed E-state index contributed by atoms with van der Waals surface area (Å²) in [6.07, 6.45) is 0.119. The number of piperazine rings is 1. The fraction of sp³-hybridized carbons (Fsp3) is 0.333. The summed E-state index contributed by atoms with van der Waals surface area (Å²) >= 11 is 0. The van der Waals surface area contributed by atoms with Gasteiger partial charge < -0.3 is 31.5 Å². The predicted molar refractivity (Wildman–Crippen MR) is 105 cm³/mol. The zero-order valence-electron chi connectivity index (χ0n) is 16.9. The highest BCUT2D eigenvalue weighted by molar-refractivity contribution is 5.92. The van der Waals surface area contributed by atoms with Gasteiger partial charge in [0.25, 0.3) is 5.91 Å². The molecule has 0 radical (unpaired) electrons. The molecule has 10 heteroatoms. The Labute approximate surface area is 184 Å². The fourth-order valence-corrected chi connectivity index (χ4v) is 3.29. The van der Waals surface area contributed by atoms with Crippen LogP contribution in [0, 0.1) is 0 Å². The van der Waals surface area contributed by atoms with Crippen molar-refractivity contribution < 1.29 is 44.1 Å². The second-order valence-electron chi connectivity index (χ2n) is 7.53. The number of rotatable bonds is 5. The molecule has 2 amide bonds. The Balaban J connectivity index is 0.00000341. The summed E-state index contributed by atoms with van der Waals surface area (Å²) in [5, 5.41) is 2.54. The van der Waals surface area contributed by atoms with Crippen LogP contribution in [0.4, 0.5) is 18.9 Å². The number of furan rings is 1. The molecule has 3 rings (SSSR count). The number of nitrogens with zero attached hydrogens (tertiary/aromatic N) is 2. The van der Waals surface area contributed by atoms with Crippen LogP contribution < -0.4 is 17.7 Å². The van der Waals surface area contributed by atoms with Gasteiger partial charge in [0.2, 0.25) is 5.91 Å². The average Bonchev–Trinajstić information content (AvgIpc) is 3.19. The molecule has 0 aliphatic carbocycles. The lowest BCUT2D eigenvalue weighted by atomic mass is 10.2. The first kappa shape index (κ1) is 24.5. The number of alkyl halides is 3. The predicted octanol–water partition coefficient (Wildman–Crippen LogP) is 0.243. The lowest BCUT2D eigenvalue weighted by molar-refractivity contribution is -0.905. The monoisotopic (exact) mass is 457 g/mol. The number of halogens is 4. The third-order valence-corrected chi connectivity index (χ3v) is 5.06. The smallest absolute Gasteiger partial charge is 0.416 e. The standard InChI is InChI=1S/C21H22F3N3O3.ClH/c1-27(15-19(28)25-17-5-2-4-16(14-17)21(22,23)24)11-9-26(10-12-27)20(29)8-7-18-6-3-13-30-18;/h2-8,13-14H,9-12,15H2,1H3;1H/b8-7+;. The average molecular weight is 458 g/mol. The van der Waals surface area contributed by atoms with Gasteiger partial charge in [-0.1, -0.05) is 6.07 Å². The minimum absolute atomic E-state index is 0. The molecule has 1 aromatic carbocycles. The Kier molecular flexibility index (Phi) is 7.91. The first-order chi connectivity index (χ1) is 14.1. The minimum Gasteiger partial charge on any atom is -1.00 e. The van der Waals surface area contributed by atoms with Gasteiger partial charge in [-0.25, -0.2) is 0 Å². The van der Waals surface area contributed by atoms with E-state index in [1.54, 1.807) is 23.1 Å². The summed E-state index contributed by atoms with van der Waals surface area (Å²) in [6.45, 7) is 2.20. The molecule has 2 aromatic rings. The van der Waals surface area contributed by atoms with Gasteiger partial charge >= 0.3 is 6.18 Å². The van der Waals surface area contributed by atoms with Crippen molar-refractivity contribution >= 4 is 23.6 Å². The lowest BCUT2D eigenvalue weighted by Gasteiger charge is -2.41. The molecule has 0 atom stereocenters. The van der Waals surface area contributed by atoms with E-state index in [4.69, 9.17) is 4.42 Å². The van der Waals surface area contributed by atoms with E-state index in [0.29, 0.717) is 36.4 Å². The highest BCUT2D eigenvalue weighted by Crippen LogP contribution is 2.30. The summed E-state index contributed by atoms with van der Waals surface area (Å²) < 4.78 is 44.0. The number of benzene rings is 1. The minimum atomic E-state index is -4.46. The van der Waals surface area contributed by atoms with E-state index < -0.39 is 11.7 Å². The molecule has 0 bridgehead atoms. The Bertz CT molecular complexity index is 921. The number of nitrogens with one attached hydrogen (secondary N) is 1. The Morgan fingerprint density at radius 2 is 1.90 bits per heavy atom. The van der Waals surface area contributed by atoms with Gasteiger partial charge in [-0.3, -0.25) is 9.59 Å². The van der Waals surface area contributed by atoms with Gasteiger partial charge in [-0.15, -0.1) is 0 Å². The van der Waals surface area contributed by atoms with Crippen LogP contribution in [0.25, 0.3) is 6.08 Å². The molecule has 1 aliphatic heterocycles. The van der Waals surface area contributed by atoms with E-state index in [1.807, 2.05) is 7.05 Å². The number of carbonyl (C=O) groups is 2. The third kappa shape index (κ3) is 6.86. The van der Waals surface area contributed by atoms with E-state index in [-0.39, 0.29) is 36.5 Å². The van der Waals surface area contributed by atoms with E-state index in [9.17, 15) is 22.8 Å². The molecule has 1 fully saturated rings. The summed E-state index contributed by atoms with van der Waals surface area (Å²) in [6, 6.07) is 8.04. The third-order valence-electron chi connectivity index (χ3n) is 5.06. The van der Waals surface area contributed by atoms with Gasteiger partial charge in [-0.2, -0.15) is 13.2 Å². The molecule has 0 spiro atoms. The molecule has 2 heterocycles. The fourth-order valence-electron chi connectivity index (χ4n) is 3.29. The first-order valence-electron chi connectivity index (χ1n) is 9.46. The highest BCUT2D eigenvalue weighted by atomic mass is 35.5. The molecule has 1 N–H and O–H groups in total. The van der Waals surface area contributed by atoms with Gasteiger partial charge in [0.1, 0.15) is 5.76 Å². The van der Waals surface area contributed by atoms with E-state index in [1.165, 1.54) is 24.5 Å². The molecule has 1 aliphatic rings. The molecule has 6 nitrogen and oxygen atoms in total. The second-order valence-corrected chi connectivity index (χ2v) is 7.53. The van der Waals surface area contributed by atoms with E-state index >= 15 is 0 Å². The van der Waals surface area contributed by atoms with Crippen LogP contribution in [-0.2, 0) is 15.8 Å². The maximum atomic E-state index is 12.8. The van der Waals surface area contributed by atoms with Crippen molar-refractivity contribution in [3.05, 3.63) is 60.1 Å². The van der Waals surface area contributed by atoms with Crippen molar-refractivity contribution in [3.8, 4) is 0 Å². The molecule has 0 unspecified atom stereocenters. The molecular weight excluding hydrogens is 435 g/mol. The Morgan fingerprint density at radius 1 is 1.19 bits per heavy atom. The molecular formula is C21H23ClF3N3O3. The summed E-state index contributed by atoms with van der Waals surface area (Å²) in [5.74, 6) is 0.0904. The van der Waals surface area contributed by atoms with Crippen molar-refractivity contribution in [2.45, 2.75) is 6.18 Å². The lowest BCUT2D eigenvalue weighted by Crippen LogP contribution is -3.00.